The van der Waals surface area contributed by atoms with Gasteiger partial charge >= 0.3 is 0 Å². The summed E-state index contributed by atoms with van der Waals surface area (Å²) in [5.74, 6) is -0.629. The van der Waals surface area contributed by atoms with E-state index in [9.17, 15) is 8.42 Å². The maximum absolute atomic E-state index is 12.4. The fraction of sp³-hybridized carbons (Fsp3) is 0.0476. The lowest BCUT2D eigenvalue weighted by Gasteiger charge is -2.08. The zero-order valence-electron chi connectivity index (χ0n) is 16.3. The molecule has 0 saturated heterocycles. The van der Waals surface area contributed by atoms with E-state index in [-0.39, 0.29) is 10.7 Å². The van der Waals surface area contributed by atoms with E-state index in [1.165, 1.54) is 30.5 Å². The van der Waals surface area contributed by atoms with Gasteiger partial charge in [-0.15, -0.1) is 0 Å². The van der Waals surface area contributed by atoms with Crippen LogP contribution in [0, 0.1) is 0 Å². The minimum Gasteiger partial charge on any atom is -0.481 e. The van der Waals surface area contributed by atoms with Crippen LogP contribution in [0.25, 0.3) is 12.2 Å². The first-order valence-electron chi connectivity index (χ1n) is 8.74. The number of hydrogen-bond donors (Lipinski definition) is 3. The monoisotopic (exact) mass is 479 g/mol. The Kier molecular flexibility index (Phi) is 8.44. The first-order chi connectivity index (χ1) is 14.6. The van der Waals surface area contributed by atoms with Crippen LogP contribution in [-0.2, 0) is 14.8 Å². The van der Waals surface area contributed by atoms with Crippen molar-refractivity contribution in [3.63, 3.8) is 0 Å². The van der Waals surface area contributed by atoms with Crippen LogP contribution in [-0.4, -0.2) is 24.5 Å². The van der Waals surface area contributed by atoms with Crippen LogP contribution in [0.4, 0.5) is 11.5 Å². The molecule has 0 radical (unpaired) electrons. The van der Waals surface area contributed by atoms with Crippen molar-refractivity contribution in [2.45, 2.75) is 11.8 Å². The van der Waals surface area contributed by atoms with Crippen LogP contribution in [0.2, 0.25) is 10.0 Å². The summed E-state index contributed by atoms with van der Waals surface area (Å²) in [6.45, 7) is 1.08. The van der Waals surface area contributed by atoms with Gasteiger partial charge in [0, 0.05) is 28.9 Å². The van der Waals surface area contributed by atoms with Crippen LogP contribution in [0.15, 0.2) is 65.7 Å². The van der Waals surface area contributed by atoms with Gasteiger partial charge in [0.25, 0.3) is 16.0 Å². The number of nitrogens with one attached hydrogen (secondary N) is 1. The molecule has 0 amide bonds. The molecule has 0 aliphatic carbocycles. The van der Waals surface area contributed by atoms with Crippen LogP contribution >= 0.6 is 23.2 Å². The second kappa shape index (κ2) is 10.8. The van der Waals surface area contributed by atoms with Crippen molar-refractivity contribution >= 4 is 62.9 Å². The molecule has 1 aromatic heterocycles. The molecule has 4 N–H and O–H groups in total. The molecule has 0 atom stereocenters. The molecule has 0 unspecified atom stereocenters. The number of carbonyl (C=O) groups is 1. The first-order valence-corrected chi connectivity index (χ1v) is 11.0. The zero-order valence-corrected chi connectivity index (χ0v) is 18.6. The van der Waals surface area contributed by atoms with Crippen molar-refractivity contribution in [1.29, 1.82) is 0 Å². The highest BCUT2D eigenvalue weighted by molar-refractivity contribution is 7.92. The molecule has 162 valence electrons. The van der Waals surface area contributed by atoms with E-state index in [2.05, 4.69) is 9.71 Å². The number of nitrogen functional groups attached to an aromatic ring is 1. The summed E-state index contributed by atoms with van der Waals surface area (Å²) >= 11 is 12.0. The lowest BCUT2D eigenvalue weighted by atomic mass is 10.1. The second-order valence-corrected chi connectivity index (χ2v) is 8.69. The maximum atomic E-state index is 12.4. The van der Waals surface area contributed by atoms with Gasteiger partial charge in [-0.25, -0.2) is 13.4 Å². The SMILES string of the molecule is CC(=O)O.Nc1ccc(S(=O)(=O)Nc2cc(/C=C/c3ccc(Cl)cc3Cl)ccn2)cc1. The lowest BCUT2D eigenvalue weighted by molar-refractivity contribution is -0.134. The molecule has 31 heavy (non-hydrogen) atoms. The third kappa shape index (κ3) is 7.93. The summed E-state index contributed by atoms with van der Waals surface area (Å²) in [7, 11) is -3.75. The van der Waals surface area contributed by atoms with Crippen molar-refractivity contribution in [3.05, 3.63) is 82.0 Å². The Hall–Kier alpha value is -3.07. The minimum atomic E-state index is -3.75. The maximum Gasteiger partial charge on any atom is 0.300 e. The van der Waals surface area contributed by atoms with E-state index in [4.69, 9.17) is 38.8 Å². The van der Waals surface area contributed by atoms with Crippen LogP contribution in [0.5, 0.6) is 0 Å². The smallest absolute Gasteiger partial charge is 0.300 e. The normalized spacial score (nSPS) is 10.9. The van der Waals surface area contributed by atoms with Gasteiger partial charge in [-0.2, -0.15) is 0 Å². The van der Waals surface area contributed by atoms with Gasteiger partial charge in [-0.05, 0) is 59.7 Å². The van der Waals surface area contributed by atoms with Gasteiger partial charge in [0.1, 0.15) is 5.82 Å². The predicted molar refractivity (Wildman–Crippen MR) is 125 cm³/mol. The van der Waals surface area contributed by atoms with E-state index in [1.807, 2.05) is 6.08 Å². The zero-order chi connectivity index (χ0) is 23.0. The Bertz CT molecular complexity index is 1190. The summed E-state index contributed by atoms with van der Waals surface area (Å²) in [6, 6.07) is 14.5. The van der Waals surface area contributed by atoms with Crippen molar-refractivity contribution in [2.75, 3.05) is 10.5 Å². The number of anilines is 2. The third-order valence-electron chi connectivity index (χ3n) is 3.63. The molecular weight excluding hydrogens is 461 g/mol. The molecule has 10 heteroatoms. The number of nitrogens with zero attached hydrogens (tertiary/aromatic N) is 1. The number of rotatable bonds is 5. The van der Waals surface area contributed by atoms with E-state index in [0.29, 0.717) is 15.7 Å². The predicted octanol–water partition coefficient (Wildman–Crippen LogP) is 5.03. The van der Waals surface area contributed by atoms with Gasteiger partial charge in [0.2, 0.25) is 0 Å². The Morgan fingerprint density at radius 3 is 2.32 bits per heavy atom. The third-order valence-corrected chi connectivity index (χ3v) is 5.56. The van der Waals surface area contributed by atoms with Crippen molar-refractivity contribution in [3.8, 4) is 0 Å². The second-order valence-electron chi connectivity index (χ2n) is 6.17. The standard InChI is InChI=1S/C19H15Cl2N3O2S.C2H4O2/c20-15-4-3-14(18(21)12-15)2-1-13-9-10-23-19(11-13)24-27(25,26)17-7-5-16(22)6-8-17;1-2(3)4/h1-12H,22H2,(H,23,24);1H3,(H,3,4)/b2-1+;. The van der Waals surface area contributed by atoms with Gasteiger partial charge < -0.3 is 10.8 Å². The molecule has 0 saturated carbocycles. The van der Waals surface area contributed by atoms with Gasteiger partial charge in [-0.3, -0.25) is 9.52 Å². The van der Waals surface area contributed by atoms with Gasteiger partial charge in [-0.1, -0.05) is 41.4 Å². The Labute approximate surface area is 190 Å². The number of carboxylic acid groups (broad SMARTS) is 1. The Morgan fingerprint density at radius 1 is 1.06 bits per heavy atom. The molecule has 0 aliphatic rings. The summed E-state index contributed by atoms with van der Waals surface area (Å²) < 4.78 is 27.3. The highest BCUT2D eigenvalue weighted by Crippen LogP contribution is 2.23. The van der Waals surface area contributed by atoms with Crippen molar-refractivity contribution in [1.82, 2.24) is 4.98 Å². The average Bonchev–Trinajstić information content (AvgIpc) is 2.67. The largest absolute Gasteiger partial charge is 0.481 e. The van der Waals surface area contributed by atoms with E-state index >= 15 is 0 Å². The Morgan fingerprint density at radius 2 is 1.71 bits per heavy atom. The summed E-state index contributed by atoms with van der Waals surface area (Å²) in [5, 5.41) is 8.50. The number of sulfonamides is 1. The molecule has 3 rings (SSSR count). The fourth-order valence-corrected chi connectivity index (χ4v) is 3.74. The molecular formula is C21H19Cl2N3O4S. The molecule has 2 aromatic carbocycles. The molecule has 1 heterocycles. The van der Waals surface area contributed by atoms with Crippen molar-refractivity contribution < 1.29 is 18.3 Å². The van der Waals surface area contributed by atoms with Crippen molar-refractivity contribution in [2.24, 2.45) is 0 Å². The average molecular weight is 480 g/mol. The highest BCUT2D eigenvalue weighted by Gasteiger charge is 2.14. The van der Waals surface area contributed by atoms with E-state index < -0.39 is 16.0 Å². The molecule has 0 spiro atoms. The summed E-state index contributed by atoms with van der Waals surface area (Å²) in [4.78, 5) is 13.2. The minimum absolute atomic E-state index is 0.104. The summed E-state index contributed by atoms with van der Waals surface area (Å²) in [5.41, 5.74) is 7.63. The molecule has 0 bridgehead atoms. The van der Waals surface area contributed by atoms with Gasteiger partial charge in [0.05, 0.1) is 4.90 Å². The Balaban J connectivity index is 0.000000785. The van der Waals surface area contributed by atoms with Crippen LogP contribution in [0.3, 0.4) is 0 Å². The number of carboxylic acids is 1. The number of hydrogen-bond acceptors (Lipinski definition) is 5. The summed E-state index contributed by atoms with van der Waals surface area (Å²) in [6.07, 6.45) is 5.13. The molecule has 0 fully saturated rings. The number of aliphatic carboxylic acids is 1. The van der Waals surface area contributed by atoms with Crippen LogP contribution < -0.4 is 10.5 Å². The molecule has 7 nitrogen and oxygen atoms in total. The highest BCUT2D eigenvalue weighted by atomic mass is 35.5. The fourth-order valence-electron chi connectivity index (χ4n) is 2.27. The van der Waals surface area contributed by atoms with Crippen LogP contribution in [0.1, 0.15) is 18.1 Å². The number of aromatic nitrogens is 1. The number of benzene rings is 2. The number of halogens is 2. The topological polar surface area (TPSA) is 122 Å². The molecule has 0 aliphatic heterocycles. The quantitative estimate of drug-likeness (QED) is 0.440. The first kappa shape index (κ1) is 24.2. The number of pyridine rings is 1. The lowest BCUT2D eigenvalue weighted by Crippen LogP contribution is -2.13. The van der Waals surface area contributed by atoms with Gasteiger partial charge in [0.15, 0.2) is 0 Å². The number of nitrogens with two attached hydrogens (primary N) is 1. The molecule has 3 aromatic rings. The van der Waals surface area contributed by atoms with E-state index in [1.54, 1.807) is 36.4 Å². The van der Waals surface area contributed by atoms with E-state index in [0.717, 1.165) is 18.1 Å².